The molecule has 0 saturated heterocycles. The number of hydrogen-bond donors (Lipinski definition) is 0. The lowest BCUT2D eigenvalue weighted by Gasteiger charge is -2.23. The summed E-state index contributed by atoms with van der Waals surface area (Å²) in [7, 11) is -11.8. The molecule has 0 atom stereocenters. The summed E-state index contributed by atoms with van der Waals surface area (Å²) in [6, 6.07) is 0.135. The molecule has 5 nitrogen and oxygen atoms in total. The summed E-state index contributed by atoms with van der Waals surface area (Å²) in [5.74, 6) is -6.55. The van der Waals surface area contributed by atoms with E-state index in [9.17, 15) is 43.2 Å². The van der Waals surface area contributed by atoms with Crippen molar-refractivity contribution in [1.82, 2.24) is 0 Å². The minimum Gasteiger partial charge on any atom is -0.206 e. The summed E-state index contributed by atoms with van der Waals surface area (Å²) in [4.78, 5) is 0. The molecule has 0 saturated carbocycles. The van der Waals surface area contributed by atoms with E-state index in [1.807, 2.05) is 0 Å². The van der Waals surface area contributed by atoms with Crippen molar-refractivity contribution in [2.45, 2.75) is 5.51 Å². The first-order chi connectivity index (χ1) is 9.21. The molecular weight excluding hydrogens is 352 g/mol. The highest BCUT2D eigenvalue weighted by molar-refractivity contribution is 8.10. The zero-order chi connectivity index (χ0) is 16.8. The van der Waals surface area contributed by atoms with Crippen LogP contribution in [0, 0.1) is 17.5 Å². The van der Waals surface area contributed by atoms with Gasteiger partial charge in [-0.25, -0.2) is 21.6 Å². The highest BCUT2D eigenvalue weighted by Crippen LogP contribution is 2.35. The van der Waals surface area contributed by atoms with Crippen LogP contribution in [0.2, 0.25) is 0 Å². The van der Waals surface area contributed by atoms with Gasteiger partial charge in [-0.2, -0.15) is 25.3 Å². The van der Waals surface area contributed by atoms with Gasteiger partial charge in [-0.15, -0.1) is 0 Å². The van der Waals surface area contributed by atoms with Gasteiger partial charge in [0.05, 0.1) is 6.26 Å². The topological polar surface area (TPSA) is 71.5 Å². The summed E-state index contributed by atoms with van der Waals surface area (Å²) in [5.41, 5.74) is -7.92. The normalized spacial score (nSPS) is 13.3. The number of benzene rings is 1. The Bertz CT molecular complexity index is 771. The first-order valence-corrected chi connectivity index (χ1v) is 7.95. The Morgan fingerprint density at radius 1 is 0.952 bits per heavy atom. The van der Waals surface area contributed by atoms with Crippen molar-refractivity contribution in [2.24, 2.45) is 0 Å². The molecule has 0 N–H and O–H groups in total. The number of hydrogen-bond acceptors (Lipinski definition) is 4. The smallest absolute Gasteiger partial charge is 0.206 e. The van der Waals surface area contributed by atoms with E-state index in [1.54, 1.807) is 0 Å². The molecule has 0 aliphatic rings. The quantitative estimate of drug-likeness (QED) is 0.610. The lowest BCUT2D eigenvalue weighted by molar-refractivity contribution is -0.0434. The van der Waals surface area contributed by atoms with Crippen LogP contribution in [-0.2, 0) is 20.0 Å². The molecule has 0 unspecified atom stereocenters. The maximum absolute atomic E-state index is 13.4. The average Bonchev–Trinajstić information content (AvgIpc) is 2.26. The largest absolute Gasteiger partial charge is 0.517 e. The van der Waals surface area contributed by atoms with Crippen LogP contribution in [0.1, 0.15) is 0 Å². The monoisotopic (exact) mass is 357 g/mol. The van der Waals surface area contributed by atoms with Gasteiger partial charge in [-0.05, 0) is 12.1 Å². The zero-order valence-electron chi connectivity index (χ0n) is 9.82. The Balaban J connectivity index is 3.78. The Morgan fingerprint density at radius 3 is 1.81 bits per heavy atom. The van der Waals surface area contributed by atoms with E-state index < -0.39 is 52.4 Å². The molecule has 120 valence electrons. The second-order valence-corrected chi connectivity index (χ2v) is 7.45. The van der Waals surface area contributed by atoms with Gasteiger partial charge in [0, 0.05) is 0 Å². The first kappa shape index (κ1) is 17.6. The van der Waals surface area contributed by atoms with Gasteiger partial charge in [-0.1, -0.05) is 0 Å². The third kappa shape index (κ3) is 3.07. The van der Waals surface area contributed by atoms with Crippen LogP contribution >= 0.6 is 0 Å². The summed E-state index contributed by atoms with van der Waals surface area (Å²) >= 11 is 0. The second-order valence-electron chi connectivity index (χ2n) is 3.61. The average molecular weight is 357 g/mol. The van der Waals surface area contributed by atoms with E-state index in [2.05, 4.69) is 0 Å². The molecule has 0 fully saturated rings. The molecule has 0 amide bonds. The number of rotatable bonds is 3. The van der Waals surface area contributed by atoms with Crippen molar-refractivity contribution in [2.75, 3.05) is 9.97 Å². The SMILES string of the molecule is CS(=O)(=O)N(c1ccc(F)c(F)c1F)S(=O)(=O)C(F)(F)F. The van der Waals surface area contributed by atoms with Gasteiger partial charge in [0.25, 0.3) is 0 Å². The molecule has 0 bridgehead atoms. The van der Waals surface area contributed by atoms with Crippen molar-refractivity contribution in [3.63, 3.8) is 0 Å². The van der Waals surface area contributed by atoms with Crippen LogP contribution in [-0.4, -0.2) is 28.6 Å². The number of alkyl halides is 3. The molecule has 1 aromatic carbocycles. The van der Waals surface area contributed by atoms with E-state index in [0.29, 0.717) is 0 Å². The van der Waals surface area contributed by atoms with Crippen LogP contribution in [0.25, 0.3) is 0 Å². The lowest BCUT2D eigenvalue weighted by atomic mass is 10.3. The van der Waals surface area contributed by atoms with Crippen LogP contribution < -0.4 is 3.71 Å². The number of anilines is 1. The van der Waals surface area contributed by atoms with E-state index in [0.717, 1.165) is 0 Å². The fourth-order valence-corrected chi connectivity index (χ4v) is 4.00. The maximum Gasteiger partial charge on any atom is 0.517 e. The molecule has 0 spiro atoms. The van der Waals surface area contributed by atoms with Crippen molar-refractivity contribution in [3.05, 3.63) is 29.6 Å². The third-order valence-corrected chi connectivity index (χ3v) is 5.44. The predicted octanol–water partition coefficient (Wildman–Crippen LogP) is 1.72. The molecular formula is C8H5F6NO4S2. The molecule has 0 aliphatic heterocycles. The van der Waals surface area contributed by atoms with Gasteiger partial charge >= 0.3 is 15.5 Å². The highest BCUT2D eigenvalue weighted by atomic mass is 32.3. The standard InChI is InChI=1S/C8H5F6NO4S2/c1-20(16,17)15(21(18,19)8(12,13)14)5-3-2-4(9)6(10)7(5)11/h2-3H,1H3. The molecule has 0 radical (unpaired) electrons. The van der Waals surface area contributed by atoms with Crippen molar-refractivity contribution in [1.29, 1.82) is 0 Å². The number of halogens is 6. The van der Waals surface area contributed by atoms with E-state index in [-0.39, 0.29) is 18.4 Å². The predicted molar refractivity (Wildman–Crippen MR) is 58.6 cm³/mol. The Labute approximate surface area is 114 Å². The summed E-state index contributed by atoms with van der Waals surface area (Å²) in [6.07, 6.45) is 0.0248. The molecule has 0 aromatic heterocycles. The minimum absolute atomic E-state index is 0.0248. The molecule has 0 heterocycles. The third-order valence-electron chi connectivity index (χ3n) is 2.02. The van der Waals surface area contributed by atoms with Crippen molar-refractivity contribution < 1.29 is 43.2 Å². The van der Waals surface area contributed by atoms with E-state index >= 15 is 0 Å². The first-order valence-electron chi connectivity index (χ1n) is 4.66. The Morgan fingerprint density at radius 2 is 1.43 bits per heavy atom. The zero-order valence-corrected chi connectivity index (χ0v) is 11.5. The highest BCUT2D eigenvalue weighted by Gasteiger charge is 2.54. The second kappa shape index (κ2) is 5.05. The van der Waals surface area contributed by atoms with Crippen LogP contribution in [0.4, 0.5) is 32.0 Å². The molecule has 1 rings (SSSR count). The number of nitrogens with zero attached hydrogens (tertiary/aromatic N) is 1. The Kier molecular flexibility index (Phi) is 4.22. The van der Waals surface area contributed by atoms with E-state index in [1.165, 1.54) is 0 Å². The van der Waals surface area contributed by atoms with Gasteiger partial charge in [0.15, 0.2) is 17.5 Å². The Hall–Kier alpha value is -1.50. The van der Waals surface area contributed by atoms with E-state index in [4.69, 9.17) is 0 Å². The molecule has 21 heavy (non-hydrogen) atoms. The van der Waals surface area contributed by atoms with Crippen LogP contribution in [0.15, 0.2) is 12.1 Å². The van der Waals surface area contributed by atoms with Gasteiger partial charge in [-0.3, -0.25) is 0 Å². The van der Waals surface area contributed by atoms with Crippen molar-refractivity contribution >= 4 is 25.7 Å². The van der Waals surface area contributed by atoms with Crippen LogP contribution in [0.5, 0.6) is 0 Å². The lowest BCUT2D eigenvalue weighted by Crippen LogP contribution is -2.44. The van der Waals surface area contributed by atoms with Gasteiger partial charge in [0.2, 0.25) is 10.0 Å². The molecule has 13 heteroatoms. The molecule has 0 aliphatic carbocycles. The minimum atomic E-state index is -6.59. The fourth-order valence-electron chi connectivity index (χ4n) is 1.24. The summed E-state index contributed by atoms with van der Waals surface area (Å²) in [5, 5.41) is 0. The van der Waals surface area contributed by atoms with Crippen LogP contribution in [0.3, 0.4) is 0 Å². The number of sulfonamides is 2. The maximum atomic E-state index is 13.4. The molecule has 1 aromatic rings. The summed E-state index contributed by atoms with van der Waals surface area (Å²) < 4.78 is 120. The van der Waals surface area contributed by atoms with Gasteiger partial charge in [0.1, 0.15) is 5.69 Å². The van der Waals surface area contributed by atoms with Crippen molar-refractivity contribution in [3.8, 4) is 0 Å². The summed E-state index contributed by atoms with van der Waals surface area (Å²) in [6.45, 7) is 0. The fraction of sp³-hybridized carbons (Fsp3) is 0.250. The van der Waals surface area contributed by atoms with Gasteiger partial charge < -0.3 is 0 Å².